The number of carbonyl (C=O) groups is 1. The number of aromatic nitrogens is 1. The van der Waals surface area contributed by atoms with Crippen LogP contribution in [-0.4, -0.2) is 17.6 Å². The minimum Gasteiger partial charge on any atom is -0.495 e. The number of benzene rings is 1. The number of anilines is 2. The van der Waals surface area contributed by atoms with Crippen molar-refractivity contribution in [3.63, 3.8) is 0 Å². The Balaban J connectivity index is 2.26. The average molecular weight is 308 g/mol. The molecule has 1 aromatic heterocycles. The molecule has 0 aliphatic rings. The number of amides is 1. The van der Waals surface area contributed by atoms with E-state index in [4.69, 9.17) is 22.1 Å². The predicted octanol–water partition coefficient (Wildman–Crippen LogP) is 3.57. The summed E-state index contributed by atoms with van der Waals surface area (Å²) in [5.74, 6) is 0.276. The summed E-state index contributed by atoms with van der Waals surface area (Å²) in [7, 11) is 1.53. The summed E-state index contributed by atoms with van der Waals surface area (Å²) >= 11 is 5.96. The highest BCUT2D eigenvalue weighted by atomic mass is 35.5. The number of carbonyl (C=O) groups excluding carboxylic acids is 1. The zero-order valence-electron chi connectivity index (χ0n) is 12.2. The van der Waals surface area contributed by atoms with Crippen LogP contribution in [0.15, 0.2) is 30.5 Å². The van der Waals surface area contributed by atoms with E-state index >= 15 is 0 Å². The van der Waals surface area contributed by atoms with Crippen molar-refractivity contribution in [3.05, 3.63) is 41.2 Å². The quantitative estimate of drug-likeness (QED) is 0.907. The molecule has 1 amide bonds. The molecule has 112 valence electrons. The highest BCUT2D eigenvalue weighted by molar-refractivity contribution is 6.32. The fourth-order valence-corrected chi connectivity index (χ4v) is 2.24. The maximum Gasteiger partial charge on any atom is 0.272 e. The zero-order valence-corrected chi connectivity index (χ0v) is 12.9. The smallest absolute Gasteiger partial charge is 0.272 e. The van der Waals surface area contributed by atoms with Crippen LogP contribution in [0.4, 0.5) is 11.4 Å². The Hall–Kier alpha value is -2.14. The van der Waals surface area contributed by atoms with Gasteiger partial charge in [-0.1, -0.05) is 11.6 Å². The summed E-state index contributed by atoms with van der Waals surface area (Å²) in [5.41, 5.74) is 7.45. The van der Waals surface area contributed by atoms with Gasteiger partial charge in [0.1, 0.15) is 11.4 Å². The Kier molecular flexibility index (Phi) is 4.43. The fourth-order valence-electron chi connectivity index (χ4n) is 2.04. The van der Waals surface area contributed by atoms with E-state index in [1.54, 1.807) is 30.5 Å². The second-order valence-electron chi connectivity index (χ2n) is 4.96. The van der Waals surface area contributed by atoms with Crippen LogP contribution < -0.4 is 15.8 Å². The van der Waals surface area contributed by atoms with E-state index in [1.807, 2.05) is 18.4 Å². The topological polar surface area (TPSA) is 69.3 Å². The van der Waals surface area contributed by atoms with Gasteiger partial charge in [0.25, 0.3) is 5.91 Å². The first-order chi connectivity index (χ1) is 9.92. The number of methoxy groups -OCH3 is 1. The number of nitrogen functional groups attached to an aromatic ring is 1. The minimum absolute atomic E-state index is 0.141. The molecule has 5 nitrogen and oxygen atoms in total. The van der Waals surface area contributed by atoms with Crippen molar-refractivity contribution in [1.29, 1.82) is 0 Å². The summed E-state index contributed by atoms with van der Waals surface area (Å²) < 4.78 is 6.96. The van der Waals surface area contributed by atoms with Crippen molar-refractivity contribution in [2.24, 2.45) is 0 Å². The molecule has 2 rings (SSSR count). The number of hydrogen-bond donors (Lipinski definition) is 2. The lowest BCUT2D eigenvalue weighted by molar-refractivity contribution is 0.101. The van der Waals surface area contributed by atoms with Crippen LogP contribution in [0.5, 0.6) is 5.75 Å². The molecule has 1 aromatic carbocycles. The Morgan fingerprint density at radius 3 is 2.71 bits per heavy atom. The molecular formula is C15H18ClN3O2. The zero-order chi connectivity index (χ0) is 15.6. The third-order valence-corrected chi connectivity index (χ3v) is 3.38. The predicted molar refractivity (Wildman–Crippen MR) is 85.2 cm³/mol. The van der Waals surface area contributed by atoms with E-state index in [0.717, 1.165) is 0 Å². The van der Waals surface area contributed by atoms with Crippen LogP contribution in [0.2, 0.25) is 5.02 Å². The summed E-state index contributed by atoms with van der Waals surface area (Å²) in [6, 6.07) is 6.86. The molecule has 0 unspecified atom stereocenters. The van der Waals surface area contributed by atoms with Crippen LogP contribution in [0.3, 0.4) is 0 Å². The molecule has 6 heteroatoms. The second-order valence-corrected chi connectivity index (χ2v) is 5.37. The van der Waals surface area contributed by atoms with Crippen molar-refractivity contribution in [1.82, 2.24) is 4.57 Å². The van der Waals surface area contributed by atoms with Gasteiger partial charge in [-0.15, -0.1) is 0 Å². The molecule has 0 aliphatic heterocycles. The van der Waals surface area contributed by atoms with Gasteiger partial charge in [-0.3, -0.25) is 4.79 Å². The number of rotatable bonds is 4. The standard InChI is InChI=1S/C15H18ClN3O2/c1-9(2)19-8-10(17)6-13(19)15(20)18-11-4-5-12(16)14(7-11)21-3/h4-9H,17H2,1-3H3,(H,18,20). The molecule has 0 bridgehead atoms. The van der Waals surface area contributed by atoms with Gasteiger partial charge in [-0.25, -0.2) is 0 Å². The van der Waals surface area contributed by atoms with Crippen LogP contribution in [0, 0.1) is 0 Å². The first kappa shape index (κ1) is 15.3. The summed E-state index contributed by atoms with van der Waals surface area (Å²) in [4.78, 5) is 12.4. The largest absolute Gasteiger partial charge is 0.495 e. The van der Waals surface area contributed by atoms with E-state index in [2.05, 4.69) is 5.32 Å². The van der Waals surface area contributed by atoms with Gasteiger partial charge in [0.15, 0.2) is 0 Å². The van der Waals surface area contributed by atoms with E-state index in [-0.39, 0.29) is 11.9 Å². The van der Waals surface area contributed by atoms with E-state index < -0.39 is 0 Å². The minimum atomic E-state index is -0.232. The molecule has 21 heavy (non-hydrogen) atoms. The van der Waals surface area contributed by atoms with Crippen LogP contribution in [0.1, 0.15) is 30.4 Å². The van der Waals surface area contributed by atoms with Crippen LogP contribution in [0.25, 0.3) is 0 Å². The van der Waals surface area contributed by atoms with E-state index in [9.17, 15) is 4.79 Å². The van der Waals surface area contributed by atoms with Gasteiger partial charge in [0.05, 0.1) is 17.8 Å². The third-order valence-electron chi connectivity index (χ3n) is 3.07. The lowest BCUT2D eigenvalue weighted by Crippen LogP contribution is -2.17. The van der Waals surface area contributed by atoms with Gasteiger partial charge < -0.3 is 20.4 Å². The van der Waals surface area contributed by atoms with Gasteiger partial charge in [0, 0.05) is 24.0 Å². The maximum absolute atomic E-state index is 12.4. The number of nitrogens with one attached hydrogen (secondary N) is 1. The lowest BCUT2D eigenvalue weighted by atomic mass is 10.2. The Bertz CT molecular complexity index is 665. The number of nitrogens with zero attached hydrogens (tertiary/aromatic N) is 1. The monoisotopic (exact) mass is 307 g/mol. The van der Waals surface area contributed by atoms with E-state index in [0.29, 0.717) is 27.8 Å². The average Bonchev–Trinajstić information content (AvgIpc) is 2.83. The third kappa shape index (κ3) is 3.31. The number of ether oxygens (including phenoxy) is 1. The molecule has 0 fully saturated rings. The summed E-state index contributed by atoms with van der Waals surface area (Å²) in [5, 5.41) is 3.31. The SMILES string of the molecule is COc1cc(NC(=O)c2cc(N)cn2C(C)C)ccc1Cl. The van der Waals surface area contributed by atoms with Crippen molar-refractivity contribution in [3.8, 4) is 5.75 Å². The van der Waals surface area contributed by atoms with Crippen molar-refractivity contribution >= 4 is 28.9 Å². The van der Waals surface area contributed by atoms with Gasteiger partial charge in [-0.2, -0.15) is 0 Å². The summed E-state index contributed by atoms with van der Waals surface area (Å²) in [6.45, 7) is 3.98. The number of halogens is 1. The number of hydrogen-bond acceptors (Lipinski definition) is 3. The molecule has 0 aliphatic carbocycles. The van der Waals surface area contributed by atoms with Gasteiger partial charge >= 0.3 is 0 Å². The molecule has 2 aromatic rings. The Morgan fingerprint density at radius 1 is 1.38 bits per heavy atom. The van der Waals surface area contributed by atoms with Crippen LogP contribution >= 0.6 is 11.6 Å². The fraction of sp³-hybridized carbons (Fsp3) is 0.267. The van der Waals surface area contributed by atoms with Gasteiger partial charge in [-0.05, 0) is 32.0 Å². The Labute approximate surface area is 128 Å². The first-order valence-corrected chi connectivity index (χ1v) is 6.92. The molecule has 3 N–H and O–H groups in total. The van der Waals surface area contributed by atoms with Crippen molar-refractivity contribution < 1.29 is 9.53 Å². The van der Waals surface area contributed by atoms with Gasteiger partial charge in [0.2, 0.25) is 0 Å². The van der Waals surface area contributed by atoms with Crippen molar-refractivity contribution in [2.45, 2.75) is 19.9 Å². The molecule has 1 heterocycles. The summed E-state index contributed by atoms with van der Waals surface area (Å²) in [6.07, 6.45) is 1.75. The normalized spacial score (nSPS) is 10.7. The molecule has 0 radical (unpaired) electrons. The maximum atomic E-state index is 12.4. The number of nitrogens with two attached hydrogens (primary N) is 1. The van der Waals surface area contributed by atoms with Crippen molar-refractivity contribution in [2.75, 3.05) is 18.2 Å². The molecule has 0 saturated carbocycles. The molecule has 0 saturated heterocycles. The highest BCUT2D eigenvalue weighted by Gasteiger charge is 2.15. The Morgan fingerprint density at radius 2 is 2.10 bits per heavy atom. The highest BCUT2D eigenvalue weighted by Crippen LogP contribution is 2.28. The molecular weight excluding hydrogens is 290 g/mol. The molecule has 0 atom stereocenters. The molecule has 0 spiro atoms. The van der Waals surface area contributed by atoms with Crippen LogP contribution in [-0.2, 0) is 0 Å². The lowest BCUT2D eigenvalue weighted by Gasteiger charge is -2.13. The first-order valence-electron chi connectivity index (χ1n) is 6.54. The van der Waals surface area contributed by atoms with E-state index in [1.165, 1.54) is 7.11 Å². The second kappa shape index (κ2) is 6.10.